The van der Waals surface area contributed by atoms with E-state index in [2.05, 4.69) is 6.07 Å². The summed E-state index contributed by atoms with van der Waals surface area (Å²) < 4.78 is 28.0. The number of nitrogens with two attached hydrogens (primary N) is 1. The summed E-state index contributed by atoms with van der Waals surface area (Å²) in [6, 6.07) is 13.7. The average Bonchev–Trinajstić information content (AvgIpc) is 3.10. The van der Waals surface area contributed by atoms with Crippen LogP contribution in [0.4, 0.5) is 13.6 Å². The quantitative estimate of drug-likeness (QED) is 0.881. The third kappa shape index (κ3) is 3.30. The largest absolute Gasteiger partial charge is 0.327 e. The molecule has 1 fully saturated rings. The molecular formula is C21H23F2N3O. The normalized spacial score (nSPS) is 24.8. The number of fused-ring (bicyclic) bond motifs is 1. The number of likely N-dealkylation sites (tertiary alicyclic amines) is 1. The smallest absolute Gasteiger partial charge is 0.320 e. The lowest BCUT2D eigenvalue weighted by atomic mass is 9.88. The van der Waals surface area contributed by atoms with Crippen LogP contribution in [0.15, 0.2) is 48.5 Å². The Kier molecular flexibility index (Phi) is 4.60. The monoisotopic (exact) mass is 371 g/mol. The van der Waals surface area contributed by atoms with Gasteiger partial charge in [-0.2, -0.15) is 0 Å². The first kappa shape index (κ1) is 17.9. The van der Waals surface area contributed by atoms with E-state index in [4.69, 9.17) is 5.73 Å². The van der Waals surface area contributed by atoms with E-state index in [1.165, 1.54) is 17.7 Å². The van der Waals surface area contributed by atoms with Crippen LogP contribution in [0, 0.1) is 5.82 Å². The van der Waals surface area contributed by atoms with Gasteiger partial charge >= 0.3 is 6.03 Å². The Morgan fingerprint density at radius 1 is 1.15 bits per heavy atom. The van der Waals surface area contributed by atoms with Crippen LogP contribution in [0.1, 0.15) is 29.2 Å². The summed E-state index contributed by atoms with van der Waals surface area (Å²) in [5, 5.41) is 0. The number of carbonyl (C=O) groups excluding carboxylic acids is 1. The number of hydrogen-bond acceptors (Lipinski definition) is 2. The second-order valence-electron chi connectivity index (χ2n) is 7.41. The topological polar surface area (TPSA) is 49.6 Å². The number of carbonyl (C=O) groups is 1. The third-order valence-corrected chi connectivity index (χ3v) is 5.66. The molecule has 1 saturated heterocycles. The molecular weight excluding hydrogens is 348 g/mol. The van der Waals surface area contributed by atoms with Gasteiger partial charge in [0.05, 0.1) is 12.6 Å². The van der Waals surface area contributed by atoms with Crippen molar-refractivity contribution < 1.29 is 13.6 Å². The standard InChI is InChI=1S/C21H23F2N3O/c22-17-7-5-16(6-8-17)19-18-4-2-1-3-15(18)9-11-26(19)20(27)25-12-10-21(23,13-24)14-25/h1-8,19H,9-14,24H2/t19-,21-/m0/s1. The summed E-state index contributed by atoms with van der Waals surface area (Å²) in [4.78, 5) is 16.6. The van der Waals surface area contributed by atoms with Gasteiger partial charge in [-0.25, -0.2) is 13.6 Å². The van der Waals surface area contributed by atoms with Crippen molar-refractivity contribution in [1.29, 1.82) is 0 Å². The predicted octanol–water partition coefficient (Wildman–Crippen LogP) is 3.27. The van der Waals surface area contributed by atoms with E-state index in [-0.39, 0.29) is 37.4 Å². The summed E-state index contributed by atoms with van der Waals surface area (Å²) in [7, 11) is 0. The van der Waals surface area contributed by atoms with Gasteiger partial charge in [-0.3, -0.25) is 0 Å². The minimum atomic E-state index is -1.51. The summed E-state index contributed by atoms with van der Waals surface area (Å²) in [6.45, 7) is 0.842. The summed E-state index contributed by atoms with van der Waals surface area (Å²) in [6.07, 6.45) is 1.01. The molecule has 2 amide bonds. The van der Waals surface area contributed by atoms with Crippen LogP contribution in [-0.2, 0) is 6.42 Å². The Balaban J connectivity index is 1.69. The van der Waals surface area contributed by atoms with E-state index in [1.54, 1.807) is 21.9 Å². The van der Waals surface area contributed by atoms with Gasteiger partial charge < -0.3 is 15.5 Å². The van der Waals surface area contributed by atoms with Gasteiger partial charge in [0.1, 0.15) is 11.5 Å². The molecule has 2 aromatic rings. The van der Waals surface area contributed by atoms with Gasteiger partial charge in [0.15, 0.2) is 0 Å². The lowest BCUT2D eigenvalue weighted by Crippen LogP contribution is -2.48. The average molecular weight is 371 g/mol. The highest BCUT2D eigenvalue weighted by Crippen LogP contribution is 2.37. The van der Waals surface area contributed by atoms with Gasteiger partial charge in [0, 0.05) is 26.1 Å². The summed E-state index contributed by atoms with van der Waals surface area (Å²) >= 11 is 0. The first-order chi connectivity index (χ1) is 13.0. The number of alkyl halides is 1. The Morgan fingerprint density at radius 2 is 1.89 bits per heavy atom. The lowest BCUT2D eigenvalue weighted by molar-refractivity contribution is 0.131. The van der Waals surface area contributed by atoms with Crippen LogP contribution in [-0.4, -0.2) is 47.7 Å². The fourth-order valence-electron chi connectivity index (χ4n) is 4.12. The maximum absolute atomic E-state index is 14.5. The number of hydrogen-bond donors (Lipinski definition) is 1. The molecule has 2 aromatic carbocycles. The molecule has 4 rings (SSSR count). The van der Waals surface area contributed by atoms with E-state index in [1.807, 2.05) is 18.2 Å². The molecule has 0 aromatic heterocycles. The molecule has 2 atom stereocenters. The van der Waals surface area contributed by atoms with E-state index in [0.717, 1.165) is 17.5 Å². The lowest BCUT2D eigenvalue weighted by Gasteiger charge is -2.39. The van der Waals surface area contributed by atoms with E-state index >= 15 is 0 Å². The molecule has 6 heteroatoms. The van der Waals surface area contributed by atoms with E-state index in [0.29, 0.717) is 13.1 Å². The number of halogens is 2. The highest BCUT2D eigenvalue weighted by molar-refractivity contribution is 5.76. The number of nitrogens with zero attached hydrogens (tertiary/aromatic N) is 2. The Morgan fingerprint density at radius 3 is 2.59 bits per heavy atom. The fraction of sp³-hybridized carbons (Fsp3) is 0.381. The Bertz CT molecular complexity index is 842. The summed E-state index contributed by atoms with van der Waals surface area (Å²) in [5.74, 6) is -0.314. The molecule has 27 heavy (non-hydrogen) atoms. The van der Waals surface area contributed by atoms with Gasteiger partial charge in [-0.1, -0.05) is 36.4 Å². The Hall–Kier alpha value is -2.47. The number of rotatable bonds is 2. The highest BCUT2D eigenvalue weighted by Gasteiger charge is 2.42. The van der Waals surface area contributed by atoms with Crippen molar-refractivity contribution in [3.05, 3.63) is 71.0 Å². The zero-order chi connectivity index (χ0) is 19.0. The van der Waals surface area contributed by atoms with Crippen molar-refractivity contribution in [2.24, 2.45) is 5.73 Å². The first-order valence-corrected chi connectivity index (χ1v) is 9.28. The maximum atomic E-state index is 14.5. The second kappa shape index (κ2) is 6.93. The van der Waals surface area contributed by atoms with Crippen LogP contribution < -0.4 is 5.73 Å². The van der Waals surface area contributed by atoms with Crippen molar-refractivity contribution >= 4 is 6.03 Å². The van der Waals surface area contributed by atoms with Gasteiger partial charge in [-0.05, 0) is 35.2 Å². The molecule has 0 radical (unpaired) electrons. The van der Waals surface area contributed by atoms with Crippen LogP contribution in [0.25, 0.3) is 0 Å². The molecule has 0 saturated carbocycles. The zero-order valence-corrected chi connectivity index (χ0v) is 15.1. The molecule has 0 spiro atoms. The van der Waals surface area contributed by atoms with Crippen LogP contribution in [0.5, 0.6) is 0 Å². The van der Waals surface area contributed by atoms with Crippen molar-refractivity contribution in [3.8, 4) is 0 Å². The molecule has 0 unspecified atom stereocenters. The summed E-state index contributed by atoms with van der Waals surface area (Å²) in [5.41, 5.74) is 7.10. The first-order valence-electron chi connectivity index (χ1n) is 9.28. The van der Waals surface area contributed by atoms with Crippen molar-refractivity contribution in [1.82, 2.24) is 9.80 Å². The van der Waals surface area contributed by atoms with Crippen molar-refractivity contribution in [2.75, 3.05) is 26.2 Å². The minimum absolute atomic E-state index is 0.0244. The molecule has 142 valence electrons. The molecule has 2 aliphatic heterocycles. The third-order valence-electron chi connectivity index (χ3n) is 5.66. The minimum Gasteiger partial charge on any atom is -0.327 e. The van der Waals surface area contributed by atoms with E-state index < -0.39 is 5.67 Å². The number of benzene rings is 2. The second-order valence-corrected chi connectivity index (χ2v) is 7.41. The van der Waals surface area contributed by atoms with Gasteiger partial charge in [0.2, 0.25) is 0 Å². The van der Waals surface area contributed by atoms with Crippen molar-refractivity contribution in [2.45, 2.75) is 24.6 Å². The van der Waals surface area contributed by atoms with Gasteiger partial charge in [0.25, 0.3) is 0 Å². The van der Waals surface area contributed by atoms with Crippen molar-refractivity contribution in [3.63, 3.8) is 0 Å². The van der Waals surface area contributed by atoms with Crippen LogP contribution >= 0.6 is 0 Å². The highest BCUT2D eigenvalue weighted by atomic mass is 19.1. The van der Waals surface area contributed by atoms with E-state index in [9.17, 15) is 13.6 Å². The molecule has 0 aliphatic carbocycles. The number of amides is 2. The number of urea groups is 1. The zero-order valence-electron chi connectivity index (χ0n) is 15.1. The van der Waals surface area contributed by atoms with Crippen LogP contribution in [0.3, 0.4) is 0 Å². The molecule has 2 aliphatic rings. The molecule has 2 N–H and O–H groups in total. The van der Waals surface area contributed by atoms with Crippen LogP contribution in [0.2, 0.25) is 0 Å². The maximum Gasteiger partial charge on any atom is 0.320 e. The molecule has 2 heterocycles. The Labute approximate surface area is 157 Å². The molecule has 0 bridgehead atoms. The SMILES string of the molecule is NC[C@@]1(F)CCN(C(=O)N2CCc3ccccc3[C@@H]2c2ccc(F)cc2)C1. The van der Waals surface area contributed by atoms with Gasteiger partial charge in [-0.15, -0.1) is 0 Å². The molecule has 4 nitrogen and oxygen atoms in total. The predicted molar refractivity (Wildman–Crippen MR) is 99.6 cm³/mol. The fourth-order valence-corrected chi connectivity index (χ4v) is 4.12.